The van der Waals surface area contributed by atoms with Gasteiger partial charge in [0.1, 0.15) is 11.6 Å². The fraction of sp³-hybridized carbons (Fsp3) is 0. The number of phenols is 1. The molecule has 1 amide bonds. The van der Waals surface area contributed by atoms with Gasteiger partial charge in [0.05, 0.1) is 11.3 Å². The molecule has 2 aromatic rings. The number of anilines is 1. The first kappa shape index (κ1) is 12.4. The molecule has 0 fully saturated rings. The summed E-state index contributed by atoms with van der Waals surface area (Å²) < 4.78 is 13.3. The fourth-order valence-corrected chi connectivity index (χ4v) is 1.62. The highest BCUT2D eigenvalue weighted by atomic mass is 35.5. The first-order valence-corrected chi connectivity index (χ1v) is 5.50. The lowest BCUT2D eigenvalue weighted by Crippen LogP contribution is -2.13. The van der Waals surface area contributed by atoms with Gasteiger partial charge in [-0.3, -0.25) is 4.79 Å². The Balaban J connectivity index is 2.25. The highest BCUT2D eigenvalue weighted by Crippen LogP contribution is 2.23. The third-order valence-corrected chi connectivity index (χ3v) is 2.56. The Bertz CT molecular complexity index is 601. The van der Waals surface area contributed by atoms with Crippen LogP contribution in [0.4, 0.5) is 10.1 Å². The molecule has 2 aromatic carbocycles. The molecule has 2 rings (SSSR count). The van der Waals surface area contributed by atoms with Gasteiger partial charge in [0.2, 0.25) is 0 Å². The minimum absolute atomic E-state index is 0.0302. The zero-order valence-electron chi connectivity index (χ0n) is 9.15. The van der Waals surface area contributed by atoms with Gasteiger partial charge in [0.15, 0.2) is 0 Å². The van der Waals surface area contributed by atoms with E-state index in [1.54, 1.807) is 6.07 Å². The molecule has 0 atom stereocenters. The second kappa shape index (κ2) is 5.06. The highest BCUT2D eigenvalue weighted by molar-refractivity contribution is 6.30. The third kappa shape index (κ3) is 2.60. The number of hydrogen-bond donors (Lipinski definition) is 2. The lowest BCUT2D eigenvalue weighted by atomic mass is 10.2. The van der Waals surface area contributed by atoms with E-state index in [4.69, 9.17) is 11.6 Å². The number of nitrogens with one attached hydrogen (secondary N) is 1. The average Bonchev–Trinajstić information content (AvgIpc) is 2.32. The number of hydrogen-bond acceptors (Lipinski definition) is 2. The van der Waals surface area contributed by atoms with Crippen LogP contribution in [0.5, 0.6) is 5.75 Å². The number of carbonyl (C=O) groups excluding carboxylic acids is 1. The number of phenolic OH excluding ortho intramolecular Hbond substituents is 1. The van der Waals surface area contributed by atoms with Crippen molar-refractivity contribution < 1.29 is 14.3 Å². The van der Waals surface area contributed by atoms with Gasteiger partial charge in [-0.05, 0) is 30.3 Å². The van der Waals surface area contributed by atoms with E-state index in [1.165, 1.54) is 36.4 Å². The summed E-state index contributed by atoms with van der Waals surface area (Å²) in [5, 5.41) is 12.3. The molecule has 0 spiro atoms. The Morgan fingerprint density at radius 1 is 1.22 bits per heavy atom. The van der Waals surface area contributed by atoms with E-state index >= 15 is 0 Å². The van der Waals surface area contributed by atoms with Crippen molar-refractivity contribution in [1.82, 2.24) is 0 Å². The van der Waals surface area contributed by atoms with E-state index in [1.807, 2.05) is 0 Å². The van der Waals surface area contributed by atoms with E-state index in [2.05, 4.69) is 5.32 Å². The molecule has 0 saturated carbocycles. The van der Waals surface area contributed by atoms with E-state index < -0.39 is 11.7 Å². The van der Waals surface area contributed by atoms with Gasteiger partial charge in [-0.1, -0.05) is 23.7 Å². The molecular weight excluding hydrogens is 257 g/mol. The Hall–Kier alpha value is -2.07. The summed E-state index contributed by atoms with van der Waals surface area (Å²) in [7, 11) is 0. The van der Waals surface area contributed by atoms with Crippen LogP contribution in [0.15, 0.2) is 42.5 Å². The summed E-state index contributed by atoms with van der Waals surface area (Å²) in [5.74, 6) is -1.40. The number of benzene rings is 2. The summed E-state index contributed by atoms with van der Waals surface area (Å²) in [6, 6.07) is 9.87. The molecule has 2 N–H and O–H groups in total. The van der Waals surface area contributed by atoms with E-state index in [9.17, 15) is 14.3 Å². The third-order valence-electron chi connectivity index (χ3n) is 2.33. The van der Waals surface area contributed by atoms with E-state index in [0.717, 1.165) is 0 Å². The molecule has 0 unspecified atom stereocenters. The van der Waals surface area contributed by atoms with Crippen LogP contribution >= 0.6 is 11.6 Å². The number of amides is 1. The topological polar surface area (TPSA) is 49.3 Å². The van der Waals surface area contributed by atoms with Gasteiger partial charge in [-0.25, -0.2) is 4.39 Å². The summed E-state index contributed by atoms with van der Waals surface area (Å²) in [6.45, 7) is 0. The normalized spacial score (nSPS) is 10.1. The van der Waals surface area contributed by atoms with Crippen molar-refractivity contribution >= 4 is 23.2 Å². The zero-order chi connectivity index (χ0) is 13.1. The standard InChI is InChI=1S/C13H9ClFNO2/c14-8-5-6-9(12(17)7-8)13(18)16-11-4-2-1-3-10(11)15/h1-7,17H,(H,16,18). The maximum absolute atomic E-state index is 13.3. The Morgan fingerprint density at radius 3 is 2.61 bits per heavy atom. The molecule has 0 aliphatic rings. The van der Waals surface area contributed by atoms with Crippen LogP contribution in [0.2, 0.25) is 5.02 Å². The molecule has 18 heavy (non-hydrogen) atoms. The molecule has 0 bridgehead atoms. The summed E-state index contributed by atoms with van der Waals surface area (Å²) in [4.78, 5) is 11.8. The smallest absolute Gasteiger partial charge is 0.259 e. The summed E-state index contributed by atoms with van der Waals surface area (Å²) in [5.41, 5.74) is 0.0829. The van der Waals surface area contributed by atoms with Crippen LogP contribution in [-0.4, -0.2) is 11.0 Å². The predicted octanol–water partition coefficient (Wildman–Crippen LogP) is 3.44. The van der Waals surface area contributed by atoms with Crippen LogP contribution < -0.4 is 5.32 Å². The van der Waals surface area contributed by atoms with Gasteiger partial charge in [0.25, 0.3) is 5.91 Å². The maximum atomic E-state index is 13.3. The molecule has 0 heterocycles. The van der Waals surface area contributed by atoms with Crippen molar-refractivity contribution in [3.05, 3.63) is 58.9 Å². The molecule has 5 heteroatoms. The quantitative estimate of drug-likeness (QED) is 0.874. The van der Waals surface area contributed by atoms with Crippen molar-refractivity contribution in [3.63, 3.8) is 0 Å². The highest BCUT2D eigenvalue weighted by Gasteiger charge is 2.13. The monoisotopic (exact) mass is 265 g/mol. The van der Waals surface area contributed by atoms with E-state index in [-0.39, 0.29) is 17.0 Å². The van der Waals surface area contributed by atoms with Crippen molar-refractivity contribution in [2.75, 3.05) is 5.32 Å². The molecule has 3 nitrogen and oxygen atoms in total. The van der Waals surface area contributed by atoms with Crippen LogP contribution in [0.1, 0.15) is 10.4 Å². The van der Waals surface area contributed by atoms with Crippen molar-refractivity contribution in [2.24, 2.45) is 0 Å². The van der Waals surface area contributed by atoms with Crippen molar-refractivity contribution in [2.45, 2.75) is 0 Å². The zero-order valence-corrected chi connectivity index (χ0v) is 9.91. The van der Waals surface area contributed by atoms with E-state index in [0.29, 0.717) is 5.02 Å². The van der Waals surface area contributed by atoms with Gasteiger partial charge in [-0.2, -0.15) is 0 Å². The Labute approximate surface area is 108 Å². The summed E-state index contributed by atoms with van der Waals surface area (Å²) >= 11 is 5.66. The van der Waals surface area contributed by atoms with Crippen LogP contribution in [0.25, 0.3) is 0 Å². The largest absolute Gasteiger partial charge is 0.507 e. The van der Waals surface area contributed by atoms with Crippen LogP contribution in [-0.2, 0) is 0 Å². The molecule has 0 radical (unpaired) electrons. The van der Waals surface area contributed by atoms with Crippen molar-refractivity contribution in [3.8, 4) is 5.75 Å². The predicted molar refractivity (Wildman–Crippen MR) is 67.5 cm³/mol. The first-order chi connectivity index (χ1) is 8.58. The molecule has 0 saturated heterocycles. The second-order valence-corrected chi connectivity index (χ2v) is 4.03. The number of para-hydroxylation sites is 1. The first-order valence-electron chi connectivity index (χ1n) is 5.12. The molecule has 0 aliphatic carbocycles. The number of halogens is 2. The number of aromatic hydroxyl groups is 1. The number of carbonyl (C=O) groups is 1. The van der Waals surface area contributed by atoms with Gasteiger partial charge >= 0.3 is 0 Å². The van der Waals surface area contributed by atoms with Gasteiger partial charge < -0.3 is 10.4 Å². The Morgan fingerprint density at radius 2 is 1.94 bits per heavy atom. The molecule has 92 valence electrons. The minimum Gasteiger partial charge on any atom is -0.507 e. The minimum atomic E-state index is -0.603. The molecule has 0 aromatic heterocycles. The fourth-order valence-electron chi connectivity index (χ4n) is 1.45. The van der Waals surface area contributed by atoms with Gasteiger partial charge in [-0.15, -0.1) is 0 Å². The Kier molecular flexibility index (Phi) is 3.48. The van der Waals surface area contributed by atoms with Gasteiger partial charge in [0, 0.05) is 5.02 Å². The SMILES string of the molecule is O=C(Nc1ccccc1F)c1ccc(Cl)cc1O. The van der Waals surface area contributed by atoms with Crippen LogP contribution in [0, 0.1) is 5.82 Å². The van der Waals surface area contributed by atoms with Crippen LogP contribution in [0.3, 0.4) is 0 Å². The number of rotatable bonds is 2. The summed E-state index contributed by atoms with van der Waals surface area (Å²) in [6.07, 6.45) is 0. The lowest BCUT2D eigenvalue weighted by molar-refractivity contribution is 0.102. The molecular formula is C13H9ClFNO2. The maximum Gasteiger partial charge on any atom is 0.259 e. The lowest BCUT2D eigenvalue weighted by Gasteiger charge is -2.07. The van der Waals surface area contributed by atoms with Crippen molar-refractivity contribution in [1.29, 1.82) is 0 Å². The average molecular weight is 266 g/mol. The second-order valence-electron chi connectivity index (χ2n) is 3.60. The molecule has 0 aliphatic heterocycles.